The van der Waals surface area contributed by atoms with E-state index < -0.39 is 15.9 Å². The van der Waals surface area contributed by atoms with Crippen molar-refractivity contribution in [2.45, 2.75) is 24.2 Å². The van der Waals surface area contributed by atoms with Crippen molar-refractivity contribution >= 4 is 33.4 Å². The maximum Gasteiger partial charge on any atom is 0.248 e. The second kappa shape index (κ2) is 10.7. The molecule has 0 aromatic heterocycles. The molecule has 0 spiro atoms. The Labute approximate surface area is 195 Å². The van der Waals surface area contributed by atoms with Crippen molar-refractivity contribution in [3.8, 4) is 11.5 Å². The molecule has 1 fully saturated rings. The number of hydrogen-bond acceptors (Lipinski definition) is 6. The van der Waals surface area contributed by atoms with Crippen molar-refractivity contribution in [2.24, 2.45) is 0 Å². The molecule has 8 nitrogen and oxygen atoms in total. The van der Waals surface area contributed by atoms with Gasteiger partial charge >= 0.3 is 0 Å². The van der Waals surface area contributed by atoms with Crippen LogP contribution in [0, 0.1) is 0 Å². The summed E-state index contributed by atoms with van der Waals surface area (Å²) in [5.41, 5.74) is 1.81. The molecule has 1 heterocycles. The molecule has 1 amide bonds. The number of piperidine rings is 1. The SMILES string of the molecule is COc1cccc(/C=C/C(=O)Nc2cc(S(=O)(=O)N3CCCCC3)ccc2N(C)C)c1OC. The number of hydrogen-bond donors (Lipinski definition) is 1. The Morgan fingerprint density at radius 2 is 1.79 bits per heavy atom. The van der Waals surface area contributed by atoms with Crippen molar-refractivity contribution in [1.29, 1.82) is 0 Å². The number of para-hydroxylation sites is 1. The number of methoxy groups -OCH3 is 2. The van der Waals surface area contributed by atoms with Gasteiger partial charge in [-0.25, -0.2) is 8.42 Å². The number of benzene rings is 2. The van der Waals surface area contributed by atoms with E-state index in [1.807, 2.05) is 25.1 Å². The van der Waals surface area contributed by atoms with E-state index >= 15 is 0 Å². The van der Waals surface area contributed by atoms with Crippen molar-refractivity contribution in [2.75, 3.05) is 51.6 Å². The number of carbonyl (C=O) groups is 1. The summed E-state index contributed by atoms with van der Waals surface area (Å²) in [6.07, 6.45) is 5.76. The first kappa shape index (κ1) is 24.6. The van der Waals surface area contributed by atoms with E-state index in [0.717, 1.165) is 19.3 Å². The van der Waals surface area contributed by atoms with E-state index in [9.17, 15) is 13.2 Å². The molecule has 0 aliphatic carbocycles. The summed E-state index contributed by atoms with van der Waals surface area (Å²) in [5.74, 6) is 0.689. The summed E-state index contributed by atoms with van der Waals surface area (Å²) in [4.78, 5) is 14.7. The second-order valence-electron chi connectivity index (χ2n) is 7.94. The van der Waals surface area contributed by atoms with E-state index in [4.69, 9.17) is 9.47 Å². The molecule has 0 radical (unpaired) electrons. The van der Waals surface area contributed by atoms with E-state index in [1.54, 1.807) is 37.5 Å². The fourth-order valence-electron chi connectivity index (χ4n) is 3.80. The Bertz CT molecular complexity index is 1120. The van der Waals surface area contributed by atoms with Crippen LogP contribution in [0.25, 0.3) is 6.08 Å². The van der Waals surface area contributed by atoms with Gasteiger partial charge in [0.15, 0.2) is 11.5 Å². The first-order valence-corrected chi connectivity index (χ1v) is 12.2. The van der Waals surface area contributed by atoms with Crippen LogP contribution in [-0.2, 0) is 14.8 Å². The smallest absolute Gasteiger partial charge is 0.248 e. The third kappa shape index (κ3) is 5.66. The third-order valence-corrected chi connectivity index (χ3v) is 7.40. The zero-order valence-electron chi connectivity index (χ0n) is 19.5. The molecule has 33 heavy (non-hydrogen) atoms. The highest BCUT2D eigenvalue weighted by Gasteiger charge is 2.27. The number of nitrogens with one attached hydrogen (secondary N) is 1. The summed E-state index contributed by atoms with van der Waals surface area (Å²) < 4.78 is 38.4. The Kier molecular flexibility index (Phi) is 7.99. The second-order valence-corrected chi connectivity index (χ2v) is 9.88. The molecular weight excluding hydrogens is 442 g/mol. The van der Waals surface area contributed by atoms with Gasteiger partial charge in [-0.15, -0.1) is 0 Å². The highest BCUT2D eigenvalue weighted by Crippen LogP contribution is 2.32. The van der Waals surface area contributed by atoms with Gasteiger partial charge in [0.25, 0.3) is 0 Å². The van der Waals surface area contributed by atoms with Gasteiger partial charge in [-0.3, -0.25) is 4.79 Å². The summed E-state index contributed by atoms with van der Waals surface area (Å²) in [6.45, 7) is 1.04. The lowest BCUT2D eigenvalue weighted by atomic mass is 10.1. The van der Waals surface area contributed by atoms with Gasteiger partial charge in [-0.2, -0.15) is 4.31 Å². The minimum absolute atomic E-state index is 0.170. The average Bonchev–Trinajstić information content (AvgIpc) is 2.82. The summed E-state index contributed by atoms with van der Waals surface area (Å²) >= 11 is 0. The highest BCUT2D eigenvalue weighted by molar-refractivity contribution is 7.89. The summed E-state index contributed by atoms with van der Waals surface area (Å²) in [6, 6.07) is 10.2. The van der Waals surface area contributed by atoms with Gasteiger partial charge in [0.05, 0.1) is 30.5 Å². The highest BCUT2D eigenvalue weighted by atomic mass is 32.2. The van der Waals surface area contributed by atoms with Crippen molar-refractivity contribution in [1.82, 2.24) is 4.31 Å². The van der Waals surface area contributed by atoms with E-state index in [2.05, 4.69) is 5.32 Å². The molecule has 1 aliphatic heterocycles. The molecule has 1 aliphatic rings. The molecule has 2 aromatic rings. The fraction of sp³-hybridized carbons (Fsp3) is 0.375. The maximum atomic E-state index is 13.1. The lowest BCUT2D eigenvalue weighted by Gasteiger charge is -2.26. The van der Waals surface area contributed by atoms with Crippen molar-refractivity contribution in [3.05, 3.63) is 48.0 Å². The lowest BCUT2D eigenvalue weighted by Crippen LogP contribution is -2.35. The van der Waals surface area contributed by atoms with Crippen LogP contribution in [0.3, 0.4) is 0 Å². The first-order chi connectivity index (χ1) is 15.8. The molecule has 3 rings (SSSR count). The third-order valence-electron chi connectivity index (χ3n) is 5.51. The monoisotopic (exact) mass is 473 g/mol. The minimum atomic E-state index is -3.62. The quantitative estimate of drug-likeness (QED) is 0.590. The Balaban J connectivity index is 1.87. The standard InChI is InChI=1S/C24H31N3O5S/c1-26(2)21-13-12-19(33(29,30)27-15-6-5-7-16-27)17-20(21)25-23(28)14-11-18-9-8-10-22(31-3)24(18)32-4/h8-14,17H,5-7,15-16H2,1-4H3,(H,25,28)/b14-11+. The van der Waals surface area contributed by atoms with Crippen molar-refractivity contribution < 1.29 is 22.7 Å². The zero-order valence-corrected chi connectivity index (χ0v) is 20.3. The number of carbonyl (C=O) groups excluding carboxylic acids is 1. The van der Waals surface area contributed by atoms with Crippen LogP contribution in [0.4, 0.5) is 11.4 Å². The normalized spacial score (nSPS) is 14.8. The van der Waals surface area contributed by atoms with Gasteiger partial charge < -0.3 is 19.7 Å². The van der Waals surface area contributed by atoms with Crippen LogP contribution in [0.15, 0.2) is 47.4 Å². The Hall–Kier alpha value is -3.04. The van der Waals surface area contributed by atoms with Crippen LogP contribution in [0.5, 0.6) is 11.5 Å². The van der Waals surface area contributed by atoms with E-state index in [1.165, 1.54) is 23.6 Å². The molecule has 1 saturated heterocycles. The predicted molar refractivity (Wildman–Crippen MR) is 131 cm³/mol. The zero-order chi connectivity index (χ0) is 24.0. The van der Waals surface area contributed by atoms with Gasteiger partial charge in [0.1, 0.15) is 0 Å². The molecule has 0 unspecified atom stereocenters. The largest absolute Gasteiger partial charge is 0.493 e. The minimum Gasteiger partial charge on any atom is -0.493 e. The molecule has 0 bridgehead atoms. The molecule has 2 aromatic carbocycles. The molecule has 0 saturated carbocycles. The fourth-order valence-corrected chi connectivity index (χ4v) is 5.35. The average molecular weight is 474 g/mol. The number of sulfonamides is 1. The summed E-state index contributed by atoms with van der Waals surface area (Å²) in [7, 11) is 3.13. The van der Waals surface area contributed by atoms with E-state index in [0.29, 0.717) is 41.5 Å². The number of nitrogens with zero attached hydrogens (tertiary/aromatic N) is 2. The lowest BCUT2D eigenvalue weighted by molar-refractivity contribution is -0.111. The number of ether oxygens (including phenoxy) is 2. The van der Waals surface area contributed by atoms with Gasteiger partial charge in [-0.1, -0.05) is 18.6 Å². The number of rotatable bonds is 8. The number of anilines is 2. The van der Waals surface area contributed by atoms with Crippen LogP contribution in [0.1, 0.15) is 24.8 Å². The molecule has 1 N–H and O–H groups in total. The van der Waals surface area contributed by atoms with Crippen LogP contribution >= 0.6 is 0 Å². The Morgan fingerprint density at radius 1 is 1.06 bits per heavy atom. The molecule has 178 valence electrons. The maximum absolute atomic E-state index is 13.1. The number of amides is 1. The van der Waals surface area contributed by atoms with Gasteiger partial charge in [0.2, 0.25) is 15.9 Å². The predicted octanol–water partition coefficient (Wildman–Crippen LogP) is 3.60. The molecular formula is C24H31N3O5S. The van der Waals surface area contributed by atoms with Gasteiger partial charge in [0, 0.05) is 38.8 Å². The van der Waals surface area contributed by atoms with Crippen LogP contribution in [-0.4, -0.2) is 60.0 Å². The Morgan fingerprint density at radius 3 is 2.42 bits per heavy atom. The van der Waals surface area contributed by atoms with Crippen molar-refractivity contribution in [3.63, 3.8) is 0 Å². The van der Waals surface area contributed by atoms with Crippen LogP contribution < -0.4 is 19.7 Å². The summed E-state index contributed by atoms with van der Waals surface area (Å²) in [5, 5.41) is 2.82. The topological polar surface area (TPSA) is 88.2 Å². The molecule has 0 atom stereocenters. The molecule has 9 heteroatoms. The van der Waals surface area contributed by atoms with Gasteiger partial charge in [-0.05, 0) is 43.2 Å². The van der Waals surface area contributed by atoms with Crippen LogP contribution in [0.2, 0.25) is 0 Å². The first-order valence-electron chi connectivity index (χ1n) is 10.8. The van der Waals surface area contributed by atoms with E-state index in [-0.39, 0.29) is 4.90 Å².